The van der Waals surface area contributed by atoms with Gasteiger partial charge in [-0.3, -0.25) is 9.78 Å². The van der Waals surface area contributed by atoms with Crippen LogP contribution in [0.1, 0.15) is 15.9 Å². The van der Waals surface area contributed by atoms with Crippen molar-refractivity contribution in [3.05, 3.63) is 84.2 Å². The predicted octanol–water partition coefficient (Wildman–Crippen LogP) is 3.97. The fraction of sp³-hybridized carbons (Fsp3) is 0.217. The Morgan fingerprint density at radius 1 is 0.857 bits per heavy atom. The minimum atomic E-state index is -0.140. The quantitative estimate of drug-likeness (QED) is 0.753. The monoisotopic (exact) mass is 372 g/mol. The number of carbonyl (C=O) groups excluding carboxylic acids is 1. The maximum atomic E-state index is 12.5. The second kappa shape index (κ2) is 8.13. The van der Waals surface area contributed by atoms with E-state index < -0.39 is 0 Å². The number of pyridine rings is 1. The van der Waals surface area contributed by atoms with E-state index in [1.807, 2.05) is 42.6 Å². The number of carbonyl (C=O) groups is 1. The molecule has 0 radical (unpaired) electrons. The second-order valence-electron chi connectivity index (χ2n) is 7.07. The van der Waals surface area contributed by atoms with Crippen LogP contribution in [0.4, 0.5) is 17.1 Å². The van der Waals surface area contributed by atoms with Crippen molar-refractivity contribution < 1.29 is 4.79 Å². The molecular weight excluding hydrogens is 348 g/mol. The zero-order valence-corrected chi connectivity index (χ0v) is 16.0. The standard InChI is InChI=1S/C23H24N4O/c1-18-6-5-9-21(14-18)26-10-12-27(13-11-26)22-15-19(16-24-17-22)23(28)25-20-7-3-2-4-8-20/h2-9,14-17H,10-13H2,1H3,(H,25,28). The summed E-state index contributed by atoms with van der Waals surface area (Å²) in [4.78, 5) is 21.5. The fourth-order valence-corrected chi connectivity index (χ4v) is 3.50. The predicted molar refractivity (Wildman–Crippen MR) is 114 cm³/mol. The molecular formula is C23H24N4O. The summed E-state index contributed by atoms with van der Waals surface area (Å²) in [5.41, 5.74) is 4.90. The molecule has 28 heavy (non-hydrogen) atoms. The Balaban J connectivity index is 1.42. The highest BCUT2D eigenvalue weighted by molar-refractivity contribution is 6.04. The van der Waals surface area contributed by atoms with E-state index in [4.69, 9.17) is 0 Å². The van der Waals surface area contributed by atoms with E-state index in [9.17, 15) is 4.79 Å². The zero-order chi connectivity index (χ0) is 19.3. The number of nitrogens with zero attached hydrogens (tertiary/aromatic N) is 3. The third kappa shape index (κ3) is 4.14. The van der Waals surface area contributed by atoms with Gasteiger partial charge in [-0.25, -0.2) is 0 Å². The third-order valence-corrected chi connectivity index (χ3v) is 5.03. The molecule has 0 unspecified atom stereocenters. The molecule has 1 amide bonds. The average Bonchev–Trinajstić information content (AvgIpc) is 2.75. The number of benzene rings is 2. The van der Waals surface area contributed by atoms with Crippen molar-refractivity contribution in [2.45, 2.75) is 6.92 Å². The van der Waals surface area contributed by atoms with E-state index in [2.05, 4.69) is 51.3 Å². The first-order valence-electron chi connectivity index (χ1n) is 9.57. The number of amides is 1. The van der Waals surface area contributed by atoms with Gasteiger partial charge >= 0.3 is 0 Å². The number of aryl methyl sites for hydroxylation is 1. The summed E-state index contributed by atoms with van der Waals surface area (Å²) in [7, 11) is 0. The van der Waals surface area contributed by atoms with E-state index in [0.717, 1.165) is 37.6 Å². The first-order valence-corrected chi connectivity index (χ1v) is 9.57. The van der Waals surface area contributed by atoms with Gasteiger partial charge < -0.3 is 15.1 Å². The summed E-state index contributed by atoms with van der Waals surface area (Å²) in [6.07, 6.45) is 3.45. The number of piperazine rings is 1. The Bertz CT molecular complexity index is 950. The number of rotatable bonds is 4. The van der Waals surface area contributed by atoms with Gasteiger partial charge in [0.05, 0.1) is 17.4 Å². The van der Waals surface area contributed by atoms with Gasteiger partial charge in [0.1, 0.15) is 0 Å². The number of hydrogen-bond acceptors (Lipinski definition) is 4. The van der Waals surface area contributed by atoms with Crippen molar-refractivity contribution in [2.24, 2.45) is 0 Å². The number of hydrogen-bond donors (Lipinski definition) is 1. The lowest BCUT2D eigenvalue weighted by atomic mass is 10.1. The molecule has 1 fully saturated rings. The molecule has 0 atom stereocenters. The Morgan fingerprint density at radius 2 is 1.57 bits per heavy atom. The van der Waals surface area contributed by atoms with Gasteiger partial charge in [0, 0.05) is 43.8 Å². The summed E-state index contributed by atoms with van der Waals surface area (Å²) in [6, 6.07) is 20.0. The van der Waals surface area contributed by atoms with Crippen LogP contribution >= 0.6 is 0 Å². The van der Waals surface area contributed by atoms with Crippen LogP contribution in [0, 0.1) is 6.92 Å². The van der Waals surface area contributed by atoms with Crippen molar-refractivity contribution in [2.75, 3.05) is 41.3 Å². The molecule has 2 heterocycles. The van der Waals surface area contributed by atoms with E-state index in [1.165, 1.54) is 11.3 Å². The van der Waals surface area contributed by atoms with Crippen molar-refractivity contribution >= 4 is 23.0 Å². The summed E-state index contributed by atoms with van der Waals surface area (Å²) in [5.74, 6) is -0.140. The van der Waals surface area contributed by atoms with E-state index >= 15 is 0 Å². The van der Waals surface area contributed by atoms with Crippen LogP contribution in [0.25, 0.3) is 0 Å². The van der Waals surface area contributed by atoms with Crippen molar-refractivity contribution in [3.8, 4) is 0 Å². The Hall–Kier alpha value is -3.34. The summed E-state index contributed by atoms with van der Waals surface area (Å²) in [6.45, 7) is 5.82. The molecule has 1 aliphatic heterocycles. The Kier molecular flexibility index (Phi) is 5.24. The topological polar surface area (TPSA) is 48.5 Å². The van der Waals surface area contributed by atoms with Crippen molar-refractivity contribution in [1.29, 1.82) is 0 Å². The van der Waals surface area contributed by atoms with Gasteiger partial charge in [-0.05, 0) is 42.8 Å². The van der Waals surface area contributed by atoms with E-state index in [0.29, 0.717) is 5.56 Å². The smallest absolute Gasteiger partial charge is 0.257 e. The molecule has 0 bridgehead atoms. The lowest BCUT2D eigenvalue weighted by Gasteiger charge is -2.37. The summed E-state index contributed by atoms with van der Waals surface area (Å²) >= 11 is 0. The first-order chi connectivity index (χ1) is 13.7. The molecule has 1 aliphatic rings. The third-order valence-electron chi connectivity index (χ3n) is 5.03. The molecule has 1 aromatic heterocycles. The highest BCUT2D eigenvalue weighted by Crippen LogP contribution is 2.22. The molecule has 5 heteroatoms. The molecule has 1 saturated heterocycles. The second-order valence-corrected chi connectivity index (χ2v) is 7.07. The van der Waals surface area contributed by atoms with Gasteiger partial charge in [-0.15, -0.1) is 0 Å². The minimum Gasteiger partial charge on any atom is -0.368 e. The first kappa shape index (κ1) is 18.0. The van der Waals surface area contributed by atoms with Crippen LogP contribution < -0.4 is 15.1 Å². The molecule has 0 spiro atoms. The number of anilines is 3. The Labute approximate surface area is 165 Å². The van der Waals surface area contributed by atoms with Gasteiger partial charge in [-0.2, -0.15) is 0 Å². The highest BCUT2D eigenvalue weighted by Gasteiger charge is 2.19. The van der Waals surface area contributed by atoms with Gasteiger partial charge in [0.15, 0.2) is 0 Å². The Morgan fingerprint density at radius 3 is 2.29 bits per heavy atom. The number of para-hydroxylation sites is 1. The number of nitrogens with one attached hydrogen (secondary N) is 1. The lowest BCUT2D eigenvalue weighted by molar-refractivity contribution is 0.102. The van der Waals surface area contributed by atoms with Crippen molar-refractivity contribution in [1.82, 2.24) is 4.98 Å². The zero-order valence-electron chi connectivity index (χ0n) is 16.0. The van der Waals surface area contributed by atoms with Gasteiger partial charge in [0.2, 0.25) is 0 Å². The molecule has 1 N–H and O–H groups in total. The largest absolute Gasteiger partial charge is 0.368 e. The maximum Gasteiger partial charge on any atom is 0.257 e. The summed E-state index contributed by atoms with van der Waals surface area (Å²) in [5, 5.41) is 2.92. The molecule has 4 rings (SSSR count). The number of aromatic nitrogens is 1. The van der Waals surface area contributed by atoms with Crippen LogP contribution in [-0.4, -0.2) is 37.1 Å². The summed E-state index contributed by atoms with van der Waals surface area (Å²) < 4.78 is 0. The van der Waals surface area contributed by atoms with Crippen LogP contribution in [0.5, 0.6) is 0 Å². The molecule has 3 aromatic rings. The van der Waals surface area contributed by atoms with Crippen LogP contribution in [0.2, 0.25) is 0 Å². The molecule has 0 aliphatic carbocycles. The normalized spacial score (nSPS) is 14.0. The van der Waals surface area contributed by atoms with E-state index in [-0.39, 0.29) is 5.91 Å². The molecule has 2 aromatic carbocycles. The molecule has 142 valence electrons. The van der Waals surface area contributed by atoms with Crippen LogP contribution in [0.15, 0.2) is 73.1 Å². The average molecular weight is 372 g/mol. The van der Waals surface area contributed by atoms with Crippen LogP contribution in [0.3, 0.4) is 0 Å². The SMILES string of the molecule is Cc1cccc(N2CCN(c3cncc(C(=O)Nc4ccccc4)c3)CC2)c1. The molecule has 0 saturated carbocycles. The van der Waals surface area contributed by atoms with Gasteiger partial charge in [0.25, 0.3) is 5.91 Å². The van der Waals surface area contributed by atoms with Crippen LogP contribution in [-0.2, 0) is 0 Å². The van der Waals surface area contributed by atoms with E-state index in [1.54, 1.807) is 6.20 Å². The minimum absolute atomic E-state index is 0.140. The molecule has 5 nitrogen and oxygen atoms in total. The van der Waals surface area contributed by atoms with Crippen molar-refractivity contribution in [3.63, 3.8) is 0 Å². The maximum absolute atomic E-state index is 12.5. The van der Waals surface area contributed by atoms with Gasteiger partial charge in [-0.1, -0.05) is 30.3 Å². The fourth-order valence-electron chi connectivity index (χ4n) is 3.50. The highest BCUT2D eigenvalue weighted by atomic mass is 16.1. The lowest BCUT2D eigenvalue weighted by Crippen LogP contribution is -2.46.